The highest BCUT2D eigenvalue weighted by molar-refractivity contribution is 5.80. The number of nitrogens with zero attached hydrogens (tertiary/aromatic N) is 5. The lowest BCUT2D eigenvalue weighted by Gasteiger charge is -2.35. The van der Waals surface area contributed by atoms with Crippen LogP contribution in [0.5, 0.6) is 5.75 Å². The molecule has 0 spiro atoms. The molecule has 0 bridgehead atoms. The lowest BCUT2D eigenvalue weighted by molar-refractivity contribution is 0.149. The van der Waals surface area contributed by atoms with Crippen LogP contribution in [0, 0.1) is 5.92 Å². The summed E-state index contributed by atoms with van der Waals surface area (Å²) < 4.78 is 7.13. The van der Waals surface area contributed by atoms with Gasteiger partial charge in [0.05, 0.1) is 19.2 Å². The number of piperidine rings is 1. The van der Waals surface area contributed by atoms with E-state index in [-0.39, 0.29) is 11.6 Å². The maximum atomic E-state index is 13.3. The Balaban J connectivity index is 1.60. The molecule has 0 aliphatic carbocycles. The third kappa shape index (κ3) is 4.39. The second-order valence-corrected chi connectivity index (χ2v) is 8.81. The number of hydrogen-bond donors (Lipinski definition) is 1. The second-order valence-electron chi connectivity index (χ2n) is 8.81. The van der Waals surface area contributed by atoms with Crippen LogP contribution in [0.4, 0.5) is 0 Å². The van der Waals surface area contributed by atoms with E-state index in [9.17, 15) is 4.79 Å². The van der Waals surface area contributed by atoms with Crippen molar-refractivity contribution in [3.05, 3.63) is 81.9 Å². The number of aromatic nitrogens is 5. The van der Waals surface area contributed by atoms with Crippen LogP contribution in [-0.4, -0.2) is 50.3 Å². The van der Waals surface area contributed by atoms with Crippen molar-refractivity contribution >= 4 is 10.9 Å². The Morgan fingerprint density at radius 1 is 1.12 bits per heavy atom. The molecule has 0 amide bonds. The Kier molecular flexibility index (Phi) is 5.92. The van der Waals surface area contributed by atoms with Crippen molar-refractivity contribution in [2.75, 3.05) is 20.2 Å². The standard InChI is InChI=1S/C25H28N6O2/c1-17-10-12-30(13-11-17)23(24-27-28-29-31(24)16-18-6-4-3-5-7-18)21-14-19-8-9-20(33-2)15-22(19)26-25(21)32/h3-9,14-15,17,23H,10-13,16H2,1-2H3,(H,26,32)/t23-/m1/s1. The summed E-state index contributed by atoms with van der Waals surface area (Å²) in [6.45, 7) is 4.61. The van der Waals surface area contributed by atoms with Gasteiger partial charge in [-0.3, -0.25) is 9.69 Å². The van der Waals surface area contributed by atoms with Crippen molar-refractivity contribution in [2.45, 2.75) is 32.4 Å². The minimum atomic E-state index is -0.327. The van der Waals surface area contributed by atoms with E-state index in [0.717, 1.165) is 42.4 Å². The Morgan fingerprint density at radius 3 is 2.67 bits per heavy atom. The average Bonchev–Trinajstić information content (AvgIpc) is 3.28. The van der Waals surface area contributed by atoms with Crippen LogP contribution in [0.15, 0.2) is 59.4 Å². The predicted molar refractivity (Wildman–Crippen MR) is 126 cm³/mol. The minimum Gasteiger partial charge on any atom is -0.497 e. The van der Waals surface area contributed by atoms with Gasteiger partial charge in [0.2, 0.25) is 0 Å². The second kappa shape index (κ2) is 9.15. The largest absolute Gasteiger partial charge is 0.497 e. The number of aromatic amines is 1. The quantitative estimate of drug-likeness (QED) is 0.490. The highest BCUT2D eigenvalue weighted by Crippen LogP contribution is 2.31. The first kappa shape index (κ1) is 21.3. The van der Waals surface area contributed by atoms with Gasteiger partial charge < -0.3 is 9.72 Å². The number of ether oxygens (including phenoxy) is 1. The van der Waals surface area contributed by atoms with Gasteiger partial charge in [-0.15, -0.1) is 5.10 Å². The molecule has 0 radical (unpaired) electrons. The Labute approximate surface area is 192 Å². The van der Waals surface area contributed by atoms with Crippen LogP contribution in [0.3, 0.4) is 0 Å². The molecule has 8 heteroatoms. The zero-order valence-electron chi connectivity index (χ0n) is 18.9. The lowest BCUT2D eigenvalue weighted by Crippen LogP contribution is -2.40. The van der Waals surface area contributed by atoms with Crippen LogP contribution in [0.2, 0.25) is 0 Å². The van der Waals surface area contributed by atoms with Crippen molar-refractivity contribution in [3.8, 4) is 5.75 Å². The summed E-state index contributed by atoms with van der Waals surface area (Å²) in [6, 6.07) is 17.5. The van der Waals surface area contributed by atoms with Gasteiger partial charge in [-0.1, -0.05) is 37.3 Å². The topological polar surface area (TPSA) is 88.9 Å². The SMILES string of the molecule is COc1ccc2cc([C@H](c3nnnn3Cc3ccccc3)N3CCC(C)CC3)c(=O)[nH]c2c1. The molecule has 2 aromatic carbocycles. The number of hydrogen-bond acceptors (Lipinski definition) is 6. The molecule has 1 N–H and O–H groups in total. The molecule has 8 nitrogen and oxygen atoms in total. The Morgan fingerprint density at radius 2 is 1.91 bits per heavy atom. The van der Waals surface area contributed by atoms with Crippen molar-refractivity contribution < 1.29 is 4.74 Å². The Hall–Kier alpha value is -3.52. The number of pyridine rings is 1. The number of benzene rings is 2. The van der Waals surface area contributed by atoms with E-state index in [1.54, 1.807) is 7.11 Å². The molecule has 1 aliphatic heterocycles. The smallest absolute Gasteiger partial charge is 0.253 e. The summed E-state index contributed by atoms with van der Waals surface area (Å²) in [5, 5.41) is 13.6. The lowest BCUT2D eigenvalue weighted by atomic mass is 9.95. The van der Waals surface area contributed by atoms with E-state index in [2.05, 4.69) is 44.5 Å². The molecule has 1 fully saturated rings. The molecule has 4 aromatic rings. The van der Waals surface area contributed by atoms with E-state index in [1.807, 2.05) is 47.1 Å². The van der Waals surface area contributed by atoms with Gasteiger partial charge in [-0.05, 0) is 71.4 Å². The van der Waals surface area contributed by atoms with Gasteiger partial charge in [0.1, 0.15) is 11.8 Å². The molecule has 0 unspecified atom stereocenters. The highest BCUT2D eigenvalue weighted by atomic mass is 16.5. The van der Waals surface area contributed by atoms with Crippen molar-refractivity contribution in [3.63, 3.8) is 0 Å². The number of nitrogens with one attached hydrogen (secondary N) is 1. The summed E-state index contributed by atoms with van der Waals surface area (Å²) in [7, 11) is 1.62. The van der Waals surface area contributed by atoms with Crippen molar-refractivity contribution in [1.82, 2.24) is 30.1 Å². The van der Waals surface area contributed by atoms with Gasteiger partial charge in [-0.25, -0.2) is 4.68 Å². The van der Waals surface area contributed by atoms with Crippen molar-refractivity contribution in [2.24, 2.45) is 5.92 Å². The summed E-state index contributed by atoms with van der Waals surface area (Å²) in [6.07, 6.45) is 2.17. The number of rotatable bonds is 6. The molecule has 1 saturated heterocycles. The highest BCUT2D eigenvalue weighted by Gasteiger charge is 2.32. The normalized spacial score (nSPS) is 16.2. The number of H-pyrrole nitrogens is 1. The Bertz CT molecular complexity index is 1290. The van der Waals surface area contributed by atoms with E-state index < -0.39 is 0 Å². The van der Waals surface area contributed by atoms with E-state index in [4.69, 9.17) is 4.74 Å². The van der Waals surface area contributed by atoms with Gasteiger partial charge in [-0.2, -0.15) is 0 Å². The fraction of sp³-hybridized carbons (Fsp3) is 0.360. The number of tetrazole rings is 1. The molecule has 1 atom stereocenters. The van der Waals surface area contributed by atoms with Crippen molar-refractivity contribution in [1.29, 1.82) is 0 Å². The third-order valence-electron chi connectivity index (χ3n) is 6.54. The molecule has 2 aromatic heterocycles. The van der Waals surface area contributed by atoms with Gasteiger partial charge >= 0.3 is 0 Å². The number of fused-ring (bicyclic) bond motifs is 1. The monoisotopic (exact) mass is 444 g/mol. The average molecular weight is 445 g/mol. The van der Waals surface area contributed by atoms with Crippen LogP contribution >= 0.6 is 0 Å². The first-order valence-corrected chi connectivity index (χ1v) is 11.4. The fourth-order valence-electron chi connectivity index (χ4n) is 4.59. The molecule has 5 rings (SSSR count). The fourth-order valence-corrected chi connectivity index (χ4v) is 4.59. The molecular weight excluding hydrogens is 416 g/mol. The molecule has 3 heterocycles. The molecular formula is C25H28N6O2. The predicted octanol–water partition coefficient (Wildman–Crippen LogP) is 3.39. The number of methoxy groups -OCH3 is 1. The summed E-state index contributed by atoms with van der Waals surface area (Å²) in [5.74, 6) is 2.07. The first-order chi connectivity index (χ1) is 16.1. The van der Waals surface area contributed by atoms with Gasteiger partial charge in [0.25, 0.3) is 5.56 Å². The minimum absolute atomic E-state index is 0.131. The molecule has 0 saturated carbocycles. The zero-order chi connectivity index (χ0) is 22.8. The van der Waals surface area contributed by atoms with Gasteiger partial charge in [0, 0.05) is 11.6 Å². The maximum Gasteiger partial charge on any atom is 0.253 e. The van der Waals surface area contributed by atoms with E-state index >= 15 is 0 Å². The molecule has 33 heavy (non-hydrogen) atoms. The third-order valence-corrected chi connectivity index (χ3v) is 6.54. The summed E-state index contributed by atoms with van der Waals surface area (Å²) in [4.78, 5) is 18.7. The van der Waals surface area contributed by atoms with Gasteiger partial charge in [0.15, 0.2) is 5.82 Å². The first-order valence-electron chi connectivity index (χ1n) is 11.4. The summed E-state index contributed by atoms with van der Waals surface area (Å²) in [5.41, 5.74) is 2.38. The summed E-state index contributed by atoms with van der Waals surface area (Å²) >= 11 is 0. The van der Waals surface area contributed by atoms with Crippen LogP contribution in [0.1, 0.15) is 42.8 Å². The zero-order valence-corrected chi connectivity index (χ0v) is 18.9. The van der Waals surface area contributed by atoms with Crippen LogP contribution < -0.4 is 10.3 Å². The van der Waals surface area contributed by atoms with E-state index in [0.29, 0.717) is 29.6 Å². The van der Waals surface area contributed by atoms with Crippen LogP contribution in [-0.2, 0) is 6.54 Å². The van der Waals surface area contributed by atoms with E-state index in [1.165, 1.54) is 0 Å². The maximum absolute atomic E-state index is 13.3. The molecule has 1 aliphatic rings. The number of likely N-dealkylation sites (tertiary alicyclic amines) is 1. The molecule has 170 valence electrons. The van der Waals surface area contributed by atoms with Crippen LogP contribution in [0.25, 0.3) is 10.9 Å².